The van der Waals surface area contributed by atoms with Gasteiger partial charge in [-0.2, -0.15) is 0 Å². The number of nitrogens with zero attached hydrogens (tertiary/aromatic N) is 4. The van der Waals surface area contributed by atoms with Crippen LogP contribution in [0.15, 0.2) is 24.8 Å². The summed E-state index contributed by atoms with van der Waals surface area (Å²) in [4.78, 5) is 14.8. The highest BCUT2D eigenvalue weighted by molar-refractivity contribution is 5.88. The molecule has 5 heteroatoms. The lowest BCUT2D eigenvalue weighted by Crippen LogP contribution is -2.46. The van der Waals surface area contributed by atoms with Gasteiger partial charge in [-0.1, -0.05) is 0 Å². The zero-order valence-electron chi connectivity index (χ0n) is 10.4. The number of piperidine rings is 1. The van der Waals surface area contributed by atoms with Crippen molar-refractivity contribution in [2.75, 3.05) is 18.0 Å². The predicted molar refractivity (Wildman–Crippen MR) is 69.4 cm³/mol. The molecule has 94 valence electrons. The van der Waals surface area contributed by atoms with Crippen LogP contribution in [0.5, 0.6) is 0 Å². The number of aromatic nitrogens is 3. The maximum absolute atomic E-state index is 10.2. The number of β-amino-alcohol motifs (C(OH)–C–C–N with tert-alkyl or cyclic N) is 1. The number of pyridine rings is 1. The van der Waals surface area contributed by atoms with E-state index in [0.29, 0.717) is 6.54 Å². The maximum Gasteiger partial charge on any atom is 0.141 e. The Morgan fingerprint density at radius 1 is 1.39 bits per heavy atom. The highest BCUT2D eigenvalue weighted by Gasteiger charge is 2.29. The van der Waals surface area contributed by atoms with E-state index >= 15 is 0 Å². The second-order valence-electron chi connectivity index (χ2n) is 5.11. The fourth-order valence-corrected chi connectivity index (χ4v) is 2.54. The first-order valence-electron chi connectivity index (χ1n) is 6.18. The van der Waals surface area contributed by atoms with Gasteiger partial charge in [0.05, 0.1) is 16.5 Å². The Balaban J connectivity index is 2.04. The Bertz CT molecular complexity index is 564. The molecule has 0 amide bonds. The Morgan fingerprint density at radius 3 is 3.11 bits per heavy atom. The van der Waals surface area contributed by atoms with E-state index < -0.39 is 5.60 Å². The summed E-state index contributed by atoms with van der Waals surface area (Å²) < 4.78 is 0. The molecule has 1 saturated heterocycles. The van der Waals surface area contributed by atoms with Gasteiger partial charge >= 0.3 is 0 Å². The number of hydrogen-bond acceptors (Lipinski definition) is 5. The van der Waals surface area contributed by atoms with Gasteiger partial charge in [-0.25, -0.2) is 9.97 Å². The Morgan fingerprint density at radius 2 is 2.28 bits per heavy atom. The van der Waals surface area contributed by atoms with Gasteiger partial charge in [0, 0.05) is 25.5 Å². The van der Waals surface area contributed by atoms with Crippen LogP contribution in [0.3, 0.4) is 0 Å². The third-order valence-corrected chi connectivity index (χ3v) is 3.39. The Kier molecular flexibility index (Phi) is 2.63. The molecule has 1 N–H and O–H groups in total. The maximum atomic E-state index is 10.2. The molecule has 2 aromatic rings. The topological polar surface area (TPSA) is 62.1 Å². The van der Waals surface area contributed by atoms with Crippen molar-refractivity contribution in [3.8, 4) is 0 Å². The minimum Gasteiger partial charge on any atom is -0.388 e. The number of rotatable bonds is 1. The molecular formula is C13H16N4O. The summed E-state index contributed by atoms with van der Waals surface area (Å²) in [6.45, 7) is 3.39. The lowest BCUT2D eigenvalue weighted by Gasteiger charge is -2.37. The lowest BCUT2D eigenvalue weighted by molar-refractivity contribution is 0.0448. The molecule has 0 aliphatic carbocycles. The van der Waals surface area contributed by atoms with Gasteiger partial charge in [0.2, 0.25) is 0 Å². The van der Waals surface area contributed by atoms with Gasteiger partial charge in [0.1, 0.15) is 12.1 Å². The molecule has 0 aromatic carbocycles. The van der Waals surface area contributed by atoms with Crippen molar-refractivity contribution >= 4 is 16.7 Å². The summed E-state index contributed by atoms with van der Waals surface area (Å²) in [6, 6.07) is 1.88. The van der Waals surface area contributed by atoms with Crippen LogP contribution in [0, 0.1) is 0 Å². The van der Waals surface area contributed by atoms with Crippen LogP contribution in [-0.4, -0.2) is 38.7 Å². The van der Waals surface area contributed by atoms with Crippen molar-refractivity contribution in [2.24, 2.45) is 0 Å². The summed E-state index contributed by atoms with van der Waals surface area (Å²) in [5.74, 6) is 0.869. The van der Waals surface area contributed by atoms with E-state index in [4.69, 9.17) is 0 Å². The van der Waals surface area contributed by atoms with Crippen molar-refractivity contribution in [3.63, 3.8) is 0 Å². The monoisotopic (exact) mass is 244 g/mol. The first-order valence-corrected chi connectivity index (χ1v) is 6.18. The van der Waals surface area contributed by atoms with E-state index in [1.807, 2.05) is 13.0 Å². The summed E-state index contributed by atoms with van der Waals surface area (Å²) >= 11 is 0. The van der Waals surface area contributed by atoms with Crippen LogP contribution in [0.1, 0.15) is 19.8 Å². The van der Waals surface area contributed by atoms with Crippen molar-refractivity contribution in [2.45, 2.75) is 25.4 Å². The van der Waals surface area contributed by atoms with Crippen LogP contribution < -0.4 is 4.90 Å². The summed E-state index contributed by atoms with van der Waals surface area (Å²) in [6.07, 6.45) is 6.89. The van der Waals surface area contributed by atoms with Gasteiger partial charge in [-0.15, -0.1) is 0 Å². The molecule has 1 atom stereocenters. The molecule has 3 rings (SSSR count). The number of anilines is 1. The van der Waals surface area contributed by atoms with Crippen LogP contribution in [-0.2, 0) is 0 Å². The average Bonchev–Trinajstić information content (AvgIpc) is 2.37. The first kappa shape index (κ1) is 11.3. The fourth-order valence-electron chi connectivity index (χ4n) is 2.54. The average molecular weight is 244 g/mol. The van der Waals surface area contributed by atoms with Gasteiger partial charge < -0.3 is 10.0 Å². The molecule has 0 bridgehead atoms. The highest BCUT2D eigenvalue weighted by Crippen LogP contribution is 2.28. The fraction of sp³-hybridized carbons (Fsp3) is 0.462. The lowest BCUT2D eigenvalue weighted by atomic mass is 9.95. The molecule has 2 aromatic heterocycles. The standard InChI is InChI=1S/C13H16N4O/c1-13(18)4-2-6-17(8-13)12-10-7-14-5-3-11(10)15-9-16-12/h3,5,7,9,18H,2,4,6,8H2,1H3/t13-/m1/s1. The van der Waals surface area contributed by atoms with Gasteiger partial charge in [0.15, 0.2) is 0 Å². The first-order chi connectivity index (χ1) is 8.66. The highest BCUT2D eigenvalue weighted by atomic mass is 16.3. The zero-order chi connectivity index (χ0) is 12.6. The quantitative estimate of drug-likeness (QED) is 0.821. The van der Waals surface area contributed by atoms with Crippen molar-refractivity contribution < 1.29 is 5.11 Å². The van der Waals surface area contributed by atoms with Gasteiger partial charge in [0.25, 0.3) is 0 Å². The largest absolute Gasteiger partial charge is 0.388 e. The second kappa shape index (κ2) is 4.17. The molecule has 0 saturated carbocycles. The van der Waals surface area contributed by atoms with Crippen LogP contribution in [0.2, 0.25) is 0 Å². The molecule has 1 aliphatic rings. The van der Waals surface area contributed by atoms with Gasteiger partial charge in [-0.05, 0) is 25.8 Å². The smallest absolute Gasteiger partial charge is 0.141 e. The molecular weight excluding hydrogens is 228 g/mol. The van der Waals surface area contributed by atoms with E-state index in [9.17, 15) is 5.11 Å². The van der Waals surface area contributed by atoms with Crippen molar-refractivity contribution in [1.29, 1.82) is 0 Å². The van der Waals surface area contributed by atoms with E-state index in [1.54, 1.807) is 18.7 Å². The third-order valence-electron chi connectivity index (χ3n) is 3.39. The number of fused-ring (bicyclic) bond motifs is 1. The van der Waals surface area contributed by atoms with Crippen molar-refractivity contribution in [3.05, 3.63) is 24.8 Å². The molecule has 0 radical (unpaired) electrons. The van der Waals surface area contributed by atoms with Gasteiger partial charge in [-0.3, -0.25) is 4.98 Å². The summed E-state index contributed by atoms with van der Waals surface area (Å²) in [5.41, 5.74) is 0.248. The Labute approximate surface area is 106 Å². The zero-order valence-corrected chi connectivity index (χ0v) is 10.4. The van der Waals surface area contributed by atoms with E-state index in [1.165, 1.54) is 0 Å². The van der Waals surface area contributed by atoms with Crippen LogP contribution in [0.25, 0.3) is 10.9 Å². The molecule has 0 unspecified atom stereocenters. The molecule has 5 nitrogen and oxygen atoms in total. The van der Waals surface area contributed by atoms with Crippen LogP contribution in [0.4, 0.5) is 5.82 Å². The molecule has 1 aliphatic heterocycles. The minimum atomic E-state index is -0.641. The Hall–Kier alpha value is -1.75. The molecule has 3 heterocycles. The minimum absolute atomic E-state index is 0.605. The van der Waals surface area contributed by atoms with E-state index in [2.05, 4.69) is 19.9 Å². The second-order valence-corrected chi connectivity index (χ2v) is 5.11. The normalized spacial score (nSPS) is 24.4. The van der Waals surface area contributed by atoms with Crippen LogP contribution >= 0.6 is 0 Å². The predicted octanol–water partition coefficient (Wildman–Crippen LogP) is 1.38. The molecule has 0 spiro atoms. The number of hydrogen-bond donors (Lipinski definition) is 1. The summed E-state index contributed by atoms with van der Waals surface area (Å²) in [5, 5.41) is 11.1. The third kappa shape index (κ3) is 2.01. The SMILES string of the molecule is C[C@@]1(O)CCCN(c2ncnc3ccncc23)C1. The van der Waals surface area contributed by atoms with E-state index in [-0.39, 0.29) is 0 Å². The summed E-state index contributed by atoms with van der Waals surface area (Å²) in [7, 11) is 0. The molecule has 18 heavy (non-hydrogen) atoms. The van der Waals surface area contributed by atoms with Crippen molar-refractivity contribution in [1.82, 2.24) is 15.0 Å². The van der Waals surface area contributed by atoms with E-state index in [0.717, 1.165) is 36.1 Å². The number of aliphatic hydroxyl groups is 1. The molecule has 1 fully saturated rings.